The number of H-pyrrole nitrogens is 1. The minimum absolute atomic E-state index is 0. The van der Waals surface area contributed by atoms with E-state index < -0.39 is 6.04 Å². The van der Waals surface area contributed by atoms with Crippen LogP contribution in [0, 0.1) is 0 Å². The third-order valence-corrected chi connectivity index (χ3v) is 5.23. The summed E-state index contributed by atoms with van der Waals surface area (Å²) in [7, 11) is 0. The fraction of sp³-hybridized carbons (Fsp3) is 0.211. The summed E-state index contributed by atoms with van der Waals surface area (Å²) in [4.78, 5) is 18.0. The molecule has 7 heteroatoms. The molecule has 0 radical (unpaired) electrons. The smallest absolute Gasteiger partial charge is 0.244 e. The first-order valence-corrected chi connectivity index (χ1v) is 8.87. The van der Waals surface area contributed by atoms with Gasteiger partial charge in [-0.1, -0.05) is 35.3 Å². The van der Waals surface area contributed by atoms with Crippen LogP contribution >= 0.6 is 23.2 Å². The van der Waals surface area contributed by atoms with Crippen LogP contribution in [0.1, 0.15) is 22.9 Å². The number of aromatic amines is 1. The van der Waals surface area contributed by atoms with Gasteiger partial charge in [-0.2, -0.15) is 0 Å². The SMILES string of the molecule is NC(C(=O)N1CCc2c([nH]c3ccc(Cl)cc23)C1)c1ccc(Cl)cc1.[Cl-]. The summed E-state index contributed by atoms with van der Waals surface area (Å²) >= 11 is 12.0. The molecule has 136 valence electrons. The number of fused-ring (bicyclic) bond motifs is 3. The first kappa shape index (κ1) is 19.1. The van der Waals surface area contributed by atoms with E-state index >= 15 is 0 Å². The molecule has 26 heavy (non-hydrogen) atoms. The third kappa shape index (κ3) is 3.42. The highest BCUT2D eigenvalue weighted by Crippen LogP contribution is 2.30. The Kier molecular flexibility index (Phi) is 5.49. The highest BCUT2D eigenvalue weighted by atomic mass is 35.5. The number of nitrogens with one attached hydrogen (secondary N) is 1. The summed E-state index contributed by atoms with van der Waals surface area (Å²) in [5.74, 6) is -0.0790. The average Bonchev–Trinajstić information content (AvgIpc) is 2.98. The van der Waals surface area contributed by atoms with Crippen LogP contribution in [0.15, 0.2) is 42.5 Å². The monoisotopic (exact) mass is 408 g/mol. The summed E-state index contributed by atoms with van der Waals surface area (Å²) in [6, 6.07) is 12.2. The quantitative estimate of drug-likeness (QED) is 0.665. The van der Waals surface area contributed by atoms with Crippen molar-refractivity contribution in [3.63, 3.8) is 0 Å². The molecule has 0 saturated carbocycles. The topological polar surface area (TPSA) is 62.1 Å². The zero-order chi connectivity index (χ0) is 17.6. The molecule has 3 aromatic rings. The van der Waals surface area contributed by atoms with E-state index in [4.69, 9.17) is 28.9 Å². The number of hydrogen-bond acceptors (Lipinski definition) is 2. The molecule has 2 heterocycles. The van der Waals surface area contributed by atoms with Gasteiger partial charge in [0.15, 0.2) is 0 Å². The number of nitrogens with two attached hydrogens (primary N) is 1. The highest BCUT2D eigenvalue weighted by molar-refractivity contribution is 6.31. The number of carbonyl (C=O) groups is 1. The summed E-state index contributed by atoms with van der Waals surface area (Å²) < 4.78 is 0. The molecule has 4 nitrogen and oxygen atoms in total. The van der Waals surface area contributed by atoms with E-state index in [9.17, 15) is 4.79 Å². The Balaban J connectivity index is 0.00000196. The second-order valence-corrected chi connectivity index (χ2v) is 7.18. The number of aromatic nitrogens is 1. The molecular formula is C19H17Cl3N3O-. The molecule has 4 rings (SSSR count). The van der Waals surface area contributed by atoms with Gasteiger partial charge in [0.1, 0.15) is 6.04 Å². The van der Waals surface area contributed by atoms with Crippen molar-refractivity contribution in [3.8, 4) is 0 Å². The Bertz CT molecular complexity index is 953. The molecule has 0 fully saturated rings. The average molecular weight is 410 g/mol. The summed E-state index contributed by atoms with van der Waals surface area (Å²) in [5.41, 5.74) is 10.3. The molecule has 2 aromatic carbocycles. The second-order valence-electron chi connectivity index (χ2n) is 6.31. The van der Waals surface area contributed by atoms with Crippen molar-refractivity contribution < 1.29 is 17.2 Å². The molecule has 1 aromatic heterocycles. The van der Waals surface area contributed by atoms with Crippen molar-refractivity contribution in [2.75, 3.05) is 6.54 Å². The minimum atomic E-state index is -0.683. The van der Waals surface area contributed by atoms with Gasteiger partial charge in [-0.05, 0) is 47.9 Å². The lowest BCUT2D eigenvalue weighted by atomic mass is 10.0. The van der Waals surface area contributed by atoms with Crippen molar-refractivity contribution in [3.05, 3.63) is 69.3 Å². The zero-order valence-electron chi connectivity index (χ0n) is 13.8. The maximum Gasteiger partial charge on any atom is 0.244 e. The van der Waals surface area contributed by atoms with Crippen molar-refractivity contribution in [2.45, 2.75) is 19.0 Å². The van der Waals surface area contributed by atoms with Gasteiger partial charge in [0.05, 0.1) is 6.54 Å². The van der Waals surface area contributed by atoms with Crippen LogP contribution in [0.2, 0.25) is 10.0 Å². The lowest BCUT2D eigenvalue weighted by Gasteiger charge is -2.29. The molecule has 1 atom stereocenters. The normalized spacial score (nSPS) is 14.7. The second kappa shape index (κ2) is 7.49. The van der Waals surface area contributed by atoms with Gasteiger partial charge in [0.25, 0.3) is 0 Å². The van der Waals surface area contributed by atoms with Crippen molar-refractivity contribution >= 4 is 40.0 Å². The van der Waals surface area contributed by atoms with Crippen LogP contribution in [0.3, 0.4) is 0 Å². The Morgan fingerprint density at radius 3 is 2.54 bits per heavy atom. The summed E-state index contributed by atoms with van der Waals surface area (Å²) in [6.45, 7) is 1.17. The van der Waals surface area contributed by atoms with Crippen LogP contribution in [0.4, 0.5) is 0 Å². The molecule has 1 aliphatic rings. The molecule has 0 spiro atoms. The number of nitrogens with zero attached hydrogens (tertiary/aromatic N) is 1. The fourth-order valence-electron chi connectivity index (χ4n) is 3.41. The fourth-order valence-corrected chi connectivity index (χ4v) is 3.71. The third-order valence-electron chi connectivity index (χ3n) is 4.74. The van der Waals surface area contributed by atoms with E-state index in [1.165, 1.54) is 5.56 Å². The molecule has 1 aliphatic heterocycles. The minimum Gasteiger partial charge on any atom is -1.00 e. The molecule has 3 N–H and O–H groups in total. The molecule has 0 aliphatic carbocycles. The molecule has 0 saturated heterocycles. The number of hydrogen-bond donors (Lipinski definition) is 2. The molecule has 1 amide bonds. The Labute approximate surface area is 167 Å². The highest BCUT2D eigenvalue weighted by Gasteiger charge is 2.28. The van der Waals surface area contributed by atoms with Gasteiger partial charge in [0, 0.05) is 33.2 Å². The van der Waals surface area contributed by atoms with Gasteiger partial charge in [-0.15, -0.1) is 0 Å². The van der Waals surface area contributed by atoms with Crippen LogP contribution in [0.25, 0.3) is 10.9 Å². The first-order valence-electron chi connectivity index (χ1n) is 8.12. The van der Waals surface area contributed by atoms with Crippen LogP contribution in [-0.2, 0) is 17.8 Å². The summed E-state index contributed by atoms with van der Waals surface area (Å²) in [5, 5.41) is 2.48. The number of amides is 1. The largest absolute Gasteiger partial charge is 1.00 e. The molecule has 1 unspecified atom stereocenters. The van der Waals surface area contributed by atoms with Gasteiger partial charge in [0.2, 0.25) is 5.91 Å². The maximum atomic E-state index is 12.8. The van der Waals surface area contributed by atoms with E-state index in [2.05, 4.69) is 4.98 Å². The van der Waals surface area contributed by atoms with E-state index in [1.54, 1.807) is 29.2 Å². The first-order chi connectivity index (χ1) is 12.0. The lowest BCUT2D eigenvalue weighted by molar-refractivity contribution is -0.133. The van der Waals surface area contributed by atoms with Crippen molar-refractivity contribution in [2.24, 2.45) is 5.73 Å². The van der Waals surface area contributed by atoms with Gasteiger partial charge in [-0.3, -0.25) is 4.79 Å². The Hall–Kier alpha value is -1.72. The van der Waals surface area contributed by atoms with Gasteiger partial charge >= 0.3 is 0 Å². The molecule has 0 bridgehead atoms. The summed E-state index contributed by atoms with van der Waals surface area (Å²) in [6.07, 6.45) is 0.786. The van der Waals surface area contributed by atoms with E-state index in [0.717, 1.165) is 33.6 Å². The number of carbonyl (C=O) groups excluding carboxylic acids is 1. The molecular weight excluding hydrogens is 393 g/mol. The Morgan fingerprint density at radius 1 is 1.12 bits per heavy atom. The van der Waals surface area contributed by atoms with E-state index in [1.807, 2.05) is 18.2 Å². The van der Waals surface area contributed by atoms with Gasteiger partial charge < -0.3 is 28.0 Å². The number of rotatable bonds is 2. The standard InChI is InChI=1S/C19H17Cl2N3O.ClH/c20-12-3-1-11(2-4-12)18(22)19(25)24-8-7-14-15-9-13(21)5-6-16(15)23-17(14)10-24;/h1-6,9,18,23H,7-8,10,22H2;1H/p-1. The number of halogens is 3. The number of benzene rings is 2. The zero-order valence-corrected chi connectivity index (χ0v) is 16.1. The lowest BCUT2D eigenvalue weighted by Crippen LogP contribution is -3.00. The van der Waals surface area contributed by atoms with E-state index in [0.29, 0.717) is 18.1 Å². The van der Waals surface area contributed by atoms with E-state index in [-0.39, 0.29) is 18.3 Å². The van der Waals surface area contributed by atoms with Crippen molar-refractivity contribution in [1.82, 2.24) is 9.88 Å². The van der Waals surface area contributed by atoms with Crippen molar-refractivity contribution in [1.29, 1.82) is 0 Å². The van der Waals surface area contributed by atoms with Crippen LogP contribution < -0.4 is 18.1 Å². The van der Waals surface area contributed by atoms with Gasteiger partial charge in [-0.25, -0.2) is 0 Å². The Morgan fingerprint density at radius 2 is 1.81 bits per heavy atom. The predicted octanol–water partition coefficient (Wildman–Crippen LogP) is 1.06. The van der Waals surface area contributed by atoms with Crippen LogP contribution in [0.5, 0.6) is 0 Å². The van der Waals surface area contributed by atoms with Crippen LogP contribution in [-0.4, -0.2) is 22.3 Å². The maximum absolute atomic E-state index is 12.8. The predicted molar refractivity (Wildman–Crippen MR) is 101 cm³/mol.